The number of aliphatic carboxylic acids is 1. The Morgan fingerprint density at radius 3 is 2.33 bits per heavy atom. The van der Waals surface area contributed by atoms with E-state index in [0.717, 1.165) is 12.1 Å². The number of fused-ring (bicyclic) bond motifs is 1. The highest BCUT2D eigenvalue weighted by atomic mass is 32.2. The number of halogens is 3. The topological polar surface area (TPSA) is 71.4 Å². The maximum Gasteiger partial charge on any atom is 0.416 e. The molecule has 4 nitrogen and oxygen atoms in total. The molecule has 1 aliphatic heterocycles. The SMILES string of the molecule is O=C(O)C1=Cc2ccc(C(F)(F)F)cc2S1(=O)=O. The van der Waals surface area contributed by atoms with Crippen LogP contribution in [0.25, 0.3) is 6.08 Å². The fourth-order valence-electron chi connectivity index (χ4n) is 1.58. The highest BCUT2D eigenvalue weighted by Gasteiger charge is 2.38. The van der Waals surface area contributed by atoms with E-state index in [4.69, 9.17) is 5.11 Å². The second kappa shape index (κ2) is 3.58. The Bertz CT molecular complexity index is 671. The van der Waals surface area contributed by atoms with E-state index in [-0.39, 0.29) is 5.56 Å². The summed E-state index contributed by atoms with van der Waals surface area (Å²) in [6.45, 7) is 0. The molecule has 0 aromatic heterocycles. The van der Waals surface area contributed by atoms with Crippen molar-refractivity contribution >= 4 is 21.9 Å². The van der Waals surface area contributed by atoms with E-state index in [1.165, 1.54) is 0 Å². The molecule has 2 rings (SSSR count). The molecular weight excluding hydrogens is 273 g/mol. The summed E-state index contributed by atoms with van der Waals surface area (Å²) in [5, 5.41) is 8.68. The summed E-state index contributed by atoms with van der Waals surface area (Å²) in [6, 6.07) is 2.08. The summed E-state index contributed by atoms with van der Waals surface area (Å²) in [7, 11) is -4.37. The van der Waals surface area contributed by atoms with Crippen LogP contribution in [0, 0.1) is 0 Å². The van der Waals surface area contributed by atoms with Gasteiger partial charge in [-0.3, -0.25) is 0 Å². The zero-order chi connectivity index (χ0) is 13.7. The standard InChI is InChI=1S/C10H5F3O4S/c11-10(12,13)6-2-1-5-3-8(9(14)15)18(16,17)7(5)4-6/h1-4H,(H,14,15). The van der Waals surface area contributed by atoms with Crippen LogP contribution >= 0.6 is 0 Å². The van der Waals surface area contributed by atoms with Crippen molar-refractivity contribution in [2.24, 2.45) is 0 Å². The Kier molecular flexibility index (Phi) is 2.51. The van der Waals surface area contributed by atoms with Crippen LogP contribution in [0.2, 0.25) is 0 Å². The van der Waals surface area contributed by atoms with Crippen LogP contribution in [-0.4, -0.2) is 19.5 Å². The van der Waals surface area contributed by atoms with E-state index in [1.54, 1.807) is 0 Å². The molecule has 0 radical (unpaired) electrons. The Hall–Kier alpha value is -1.83. The molecule has 1 aromatic rings. The number of hydrogen-bond donors (Lipinski definition) is 1. The summed E-state index contributed by atoms with van der Waals surface area (Å²) in [4.78, 5) is 9.15. The van der Waals surface area contributed by atoms with Gasteiger partial charge in [0.05, 0.1) is 10.5 Å². The van der Waals surface area contributed by atoms with Crippen molar-refractivity contribution in [1.82, 2.24) is 0 Å². The van der Waals surface area contributed by atoms with E-state index in [1.807, 2.05) is 0 Å². The van der Waals surface area contributed by atoms with Gasteiger partial charge < -0.3 is 5.11 Å². The molecule has 0 saturated carbocycles. The quantitative estimate of drug-likeness (QED) is 0.851. The minimum atomic E-state index is -4.68. The largest absolute Gasteiger partial charge is 0.477 e. The monoisotopic (exact) mass is 278 g/mol. The zero-order valence-corrected chi connectivity index (χ0v) is 9.34. The van der Waals surface area contributed by atoms with Crippen LogP contribution in [0.4, 0.5) is 13.2 Å². The molecule has 1 N–H and O–H groups in total. The lowest BCUT2D eigenvalue weighted by atomic mass is 10.1. The number of benzene rings is 1. The highest BCUT2D eigenvalue weighted by molar-refractivity contribution is 7.96. The Morgan fingerprint density at radius 1 is 1.22 bits per heavy atom. The van der Waals surface area contributed by atoms with E-state index in [2.05, 4.69) is 0 Å². The van der Waals surface area contributed by atoms with E-state index < -0.39 is 37.3 Å². The zero-order valence-electron chi connectivity index (χ0n) is 8.52. The Morgan fingerprint density at radius 2 is 1.83 bits per heavy atom. The van der Waals surface area contributed by atoms with Crippen molar-refractivity contribution < 1.29 is 31.5 Å². The molecule has 0 fully saturated rings. The molecular formula is C10H5F3O4S. The van der Waals surface area contributed by atoms with Crippen LogP contribution in [0.15, 0.2) is 28.0 Å². The minimum absolute atomic E-state index is 0.0552. The first-order valence-electron chi connectivity index (χ1n) is 4.55. The highest BCUT2D eigenvalue weighted by Crippen LogP contribution is 2.37. The van der Waals surface area contributed by atoms with Crippen LogP contribution < -0.4 is 0 Å². The summed E-state index contributed by atoms with van der Waals surface area (Å²) in [5.74, 6) is -1.69. The van der Waals surface area contributed by atoms with Gasteiger partial charge in [-0.25, -0.2) is 13.2 Å². The van der Waals surface area contributed by atoms with Crippen LogP contribution in [0.3, 0.4) is 0 Å². The van der Waals surface area contributed by atoms with Gasteiger partial charge in [-0.1, -0.05) is 6.07 Å². The van der Waals surface area contributed by atoms with Crippen molar-refractivity contribution in [1.29, 1.82) is 0 Å². The number of alkyl halides is 3. The fourth-order valence-corrected chi connectivity index (χ4v) is 3.04. The average Bonchev–Trinajstić information content (AvgIpc) is 2.49. The smallest absolute Gasteiger partial charge is 0.416 e. The second-order valence-electron chi connectivity index (χ2n) is 3.57. The second-order valence-corrected chi connectivity index (χ2v) is 5.45. The Labute approximate surface area is 99.3 Å². The van der Waals surface area contributed by atoms with Gasteiger partial charge >= 0.3 is 12.1 Å². The van der Waals surface area contributed by atoms with Crippen molar-refractivity contribution in [3.63, 3.8) is 0 Å². The number of rotatable bonds is 1. The number of carboxylic acids is 1. The van der Waals surface area contributed by atoms with Gasteiger partial charge in [0.15, 0.2) is 4.91 Å². The molecule has 1 heterocycles. The van der Waals surface area contributed by atoms with Crippen molar-refractivity contribution in [3.05, 3.63) is 34.2 Å². The Balaban J connectivity index is 2.65. The first kappa shape index (κ1) is 12.6. The van der Waals surface area contributed by atoms with Crippen LogP contribution in [0.1, 0.15) is 11.1 Å². The normalized spacial score (nSPS) is 17.2. The molecule has 0 saturated heterocycles. The lowest BCUT2D eigenvalue weighted by Crippen LogP contribution is -2.11. The molecule has 0 bridgehead atoms. The van der Waals surface area contributed by atoms with Crippen molar-refractivity contribution in [2.75, 3.05) is 0 Å². The van der Waals surface area contributed by atoms with Gasteiger partial charge in [0, 0.05) is 0 Å². The molecule has 0 spiro atoms. The minimum Gasteiger partial charge on any atom is -0.477 e. The average molecular weight is 278 g/mol. The lowest BCUT2D eigenvalue weighted by molar-refractivity contribution is -0.137. The lowest BCUT2D eigenvalue weighted by Gasteiger charge is -2.08. The van der Waals surface area contributed by atoms with Crippen LogP contribution in [-0.2, 0) is 20.8 Å². The third-order valence-corrected chi connectivity index (χ3v) is 4.22. The maximum atomic E-state index is 12.4. The molecule has 1 aromatic carbocycles. The third kappa shape index (κ3) is 1.78. The first-order chi connectivity index (χ1) is 8.14. The van der Waals surface area contributed by atoms with Crippen molar-refractivity contribution in [2.45, 2.75) is 11.1 Å². The van der Waals surface area contributed by atoms with Crippen LogP contribution in [0.5, 0.6) is 0 Å². The molecule has 0 unspecified atom stereocenters. The molecule has 1 aliphatic rings. The number of carboxylic acid groups (broad SMARTS) is 1. The molecule has 0 aliphatic carbocycles. The number of carbonyl (C=O) groups is 1. The molecule has 0 amide bonds. The predicted octanol–water partition coefficient (Wildman–Crippen LogP) is 1.92. The van der Waals surface area contributed by atoms with E-state index >= 15 is 0 Å². The summed E-state index contributed by atoms with van der Waals surface area (Å²) >= 11 is 0. The summed E-state index contributed by atoms with van der Waals surface area (Å²) in [5.41, 5.74) is -1.19. The third-order valence-electron chi connectivity index (χ3n) is 2.42. The van der Waals surface area contributed by atoms with Crippen molar-refractivity contribution in [3.8, 4) is 0 Å². The maximum absolute atomic E-state index is 12.4. The van der Waals surface area contributed by atoms with E-state index in [0.29, 0.717) is 12.1 Å². The predicted molar refractivity (Wildman–Crippen MR) is 54.2 cm³/mol. The van der Waals surface area contributed by atoms with Gasteiger partial charge in [0.1, 0.15) is 0 Å². The van der Waals surface area contributed by atoms with E-state index in [9.17, 15) is 26.4 Å². The number of hydrogen-bond acceptors (Lipinski definition) is 3. The molecule has 96 valence electrons. The van der Waals surface area contributed by atoms with Gasteiger partial charge in [-0.2, -0.15) is 13.2 Å². The van der Waals surface area contributed by atoms with Gasteiger partial charge in [0.2, 0.25) is 9.84 Å². The van der Waals surface area contributed by atoms with Gasteiger partial charge in [-0.15, -0.1) is 0 Å². The number of sulfone groups is 1. The first-order valence-corrected chi connectivity index (χ1v) is 6.03. The summed E-state index contributed by atoms with van der Waals surface area (Å²) < 4.78 is 60.7. The molecule has 0 atom stereocenters. The molecule has 18 heavy (non-hydrogen) atoms. The fraction of sp³-hybridized carbons (Fsp3) is 0.100. The molecule has 8 heteroatoms. The van der Waals surface area contributed by atoms with Gasteiger partial charge in [-0.05, 0) is 23.8 Å². The summed E-state index contributed by atoms with van der Waals surface area (Å²) in [6.07, 6.45) is -3.84. The van der Waals surface area contributed by atoms with Gasteiger partial charge in [0.25, 0.3) is 0 Å².